The van der Waals surface area contributed by atoms with Crippen LogP contribution in [0.5, 0.6) is 0 Å². The fraction of sp³-hybridized carbons (Fsp3) is 0.300. The Morgan fingerprint density at radius 1 is 0.897 bits per heavy atom. The lowest BCUT2D eigenvalue weighted by atomic mass is 10.1. The van der Waals surface area contributed by atoms with Crippen LogP contribution in [0.4, 0.5) is 23.2 Å². The molecule has 29 heavy (non-hydrogen) atoms. The van der Waals surface area contributed by atoms with Gasteiger partial charge in [0.2, 0.25) is 5.91 Å². The van der Waals surface area contributed by atoms with Gasteiger partial charge in [0.1, 0.15) is 5.82 Å². The van der Waals surface area contributed by atoms with Gasteiger partial charge in [-0.3, -0.25) is 14.5 Å². The van der Waals surface area contributed by atoms with Crippen molar-refractivity contribution in [2.45, 2.75) is 13.0 Å². The number of nitrogens with one attached hydrogen (secondary N) is 1. The van der Waals surface area contributed by atoms with E-state index in [4.69, 9.17) is 0 Å². The van der Waals surface area contributed by atoms with Gasteiger partial charge in [-0.25, -0.2) is 17.6 Å². The molecule has 1 aliphatic rings. The maximum Gasteiger partial charge on any atom is 0.253 e. The van der Waals surface area contributed by atoms with E-state index in [1.165, 1.54) is 24.3 Å². The summed E-state index contributed by atoms with van der Waals surface area (Å²) < 4.78 is 53.1. The molecule has 1 N–H and O–H groups in total. The summed E-state index contributed by atoms with van der Waals surface area (Å²) >= 11 is 0. The minimum atomic E-state index is -1.65. The molecule has 1 saturated heterocycles. The Bertz CT molecular complexity index is 913. The van der Waals surface area contributed by atoms with Crippen LogP contribution in [0.1, 0.15) is 17.3 Å². The van der Waals surface area contributed by atoms with Crippen molar-refractivity contribution in [3.8, 4) is 0 Å². The van der Waals surface area contributed by atoms with Crippen molar-refractivity contribution in [1.29, 1.82) is 0 Å². The fourth-order valence-corrected chi connectivity index (χ4v) is 3.11. The highest BCUT2D eigenvalue weighted by atomic mass is 19.2. The first kappa shape index (κ1) is 20.8. The predicted molar refractivity (Wildman–Crippen MR) is 98.3 cm³/mol. The van der Waals surface area contributed by atoms with Gasteiger partial charge in [-0.2, -0.15) is 0 Å². The number of hydrogen-bond acceptors (Lipinski definition) is 3. The molecule has 154 valence electrons. The van der Waals surface area contributed by atoms with Gasteiger partial charge in [0.05, 0.1) is 11.7 Å². The zero-order valence-electron chi connectivity index (χ0n) is 15.6. The van der Waals surface area contributed by atoms with E-state index >= 15 is 0 Å². The van der Waals surface area contributed by atoms with Crippen LogP contribution in [0.15, 0.2) is 36.4 Å². The number of hydrogen-bond donors (Lipinski definition) is 1. The fourth-order valence-electron chi connectivity index (χ4n) is 3.11. The van der Waals surface area contributed by atoms with Crippen LogP contribution >= 0.6 is 0 Å². The zero-order chi connectivity index (χ0) is 21.1. The number of carbonyl (C=O) groups is 2. The predicted octanol–water partition coefficient (Wildman–Crippen LogP) is 3.03. The highest BCUT2D eigenvalue weighted by Gasteiger charge is 2.28. The number of amides is 2. The van der Waals surface area contributed by atoms with Crippen molar-refractivity contribution < 1.29 is 27.2 Å². The number of carbonyl (C=O) groups excluding carboxylic acids is 2. The first-order chi connectivity index (χ1) is 13.8. The SMILES string of the molecule is CC(C(=O)Nc1ccc(F)c(F)c1F)N1CCN(C(=O)c2ccc(F)cc2)CC1. The van der Waals surface area contributed by atoms with Crippen LogP contribution in [-0.4, -0.2) is 53.8 Å². The Balaban J connectivity index is 1.57. The first-order valence-corrected chi connectivity index (χ1v) is 9.01. The maximum atomic E-state index is 13.7. The Hall–Kier alpha value is -2.94. The molecule has 0 bridgehead atoms. The monoisotopic (exact) mass is 409 g/mol. The van der Waals surface area contributed by atoms with E-state index in [1.807, 2.05) is 0 Å². The molecule has 2 amide bonds. The van der Waals surface area contributed by atoms with Gasteiger partial charge >= 0.3 is 0 Å². The first-order valence-electron chi connectivity index (χ1n) is 9.01. The van der Waals surface area contributed by atoms with E-state index in [1.54, 1.807) is 16.7 Å². The van der Waals surface area contributed by atoms with Gasteiger partial charge in [-0.05, 0) is 43.3 Å². The second-order valence-electron chi connectivity index (χ2n) is 6.72. The largest absolute Gasteiger partial charge is 0.336 e. The topological polar surface area (TPSA) is 52.7 Å². The molecule has 2 aromatic rings. The number of piperazine rings is 1. The minimum absolute atomic E-state index is 0.231. The highest BCUT2D eigenvalue weighted by molar-refractivity contribution is 5.95. The van der Waals surface area contributed by atoms with Crippen molar-refractivity contribution >= 4 is 17.5 Å². The van der Waals surface area contributed by atoms with Crippen molar-refractivity contribution in [1.82, 2.24) is 9.80 Å². The lowest BCUT2D eigenvalue weighted by Gasteiger charge is -2.37. The molecule has 3 rings (SSSR count). The van der Waals surface area contributed by atoms with E-state index in [0.717, 1.165) is 12.1 Å². The Morgan fingerprint density at radius 3 is 2.14 bits per heavy atom. The molecule has 0 radical (unpaired) electrons. The summed E-state index contributed by atoms with van der Waals surface area (Å²) in [4.78, 5) is 28.2. The molecule has 2 aromatic carbocycles. The maximum absolute atomic E-state index is 13.7. The molecule has 0 saturated carbocycles. The Labute approximate surface area is 164 Å². The summed E-state index contributed by atoms with van der Waals surface area (Å²) in [7, 11) is 0. The zero-order valence-corrected chi connectivity index (χ0v) is 15.6. The summed E-state index contributed by atoms with van der Waals surface area (Å²) in [5, 5.41) is 2.26. The van der Waals surface area contributed by atoms with Gasteiger partial charge in [-0.1, -0.05) is 0 Å². The molecule has 1 unspecified atom stereocenters. The van der Waals surface area contributed by atoms with Gasteiger partial charge in [-0.15, -0.1) is 0 Å². The van der Waals surface area contributed by atoms with Gasteiger partial charge in [0.15, 0.2) is 17.5 Å². The number of halogens is 4. The molecule has 1 aliphatic heterocycles. The van der Waals surface area contributed by atoms with Crippen LogP contribution in [0.2, 0.25) is 0 Å². The smallest absolute Gasteiger partial charge is 0.253 e. The Morgan fingerprint density at radius 2 is 1.52 bits per heavy atom. The quantitative estimate of drug-likeness (QED) is 0.624. The molecule has 1 heterocycles. The molecule has 1 atom stereocenters. The van der Waals surface area contributed by atoms with Gasteiger partial charge in [0, 0.05) is 31.7 Å². The van der Waals surface area contributed by atoms with Crippen LogP contribution < -0.4 is 5.32 Å². The standard InChI is InChI=1S/C20H19F4N3O2/c1-12(19(28)25-16-7-6-15(22)17(23)18(16)24)26-8-10-27(11-9-26)20(29)13-2-4-14(21)5-3-13/h2-7,12H,8-11H2,1H3,(H,25,28). The third-order valence-electron chi connectivity index (χ3n) is 4.91. The second-order valence-corrected chi connectivity index (χ2v) is 6.72. The molecular weight excluding hydrogens is 390 g/mol. The summed E-state index contributed by atoms with van der Waals surface area (Å²) in [5.41, 5.74) is -0.0645. The van der Waals surface area contributed by atoms with Gasteiger partial charge < -0.3 is 10.2 Å². The van der Waals surface area contributed by atoms with E-state index < -0.39 is 40.9 Å². The van der Waals surface area contributed by atoms with Crippen LogP contribution in [-0.2, 0) is 4.79 Å². The number of benzene rings is 2. The van der Waals surface area contributed by atoms with Crippen molar-refractivity contribution in [3.05, 3.63) is 65.2 Å². The van der Waals surface area contributed by atoms with E-state index in [9.17, 15) is 27.2 Å². The van der Waals surface area contributed by atoms with Crippen LogP contribution in [0.3, 0.4) is 0 Å². The van der Waals surface area contributed by atoms with Crippen LogP contribution in [0.25, 0.3) is 0 Å². The number of anilines is 1. The average Bonchev–Trinajstić information content (AvgIpc) is 2.73. The third-order valence-corrected chi connectivity index (χ3v) is 4.91. The van der Waals surface area contributed by atoms with Crippen molar-refractivity contribution in [2.75, 3.05) is 31.5 Å². The molecule has 0 spiro atoms. The number of nitrogens with zero attached hydrogens (tertiary/aromatic N) is 2. The normalized spacial score (nSPS) is 15.8. The van der Waals surface area contributed by atoms with E-state index in [2.05, 4.69) is 5.32 Å². The minimum Gasteiger partial charge on any atom is -0.336 e. The molecule has 1 fully saturated rings. The number of rotatable bonds is 4. The third kappa shape index (κ3) is 4.56. The highest BCUT2D eigenvalue weighted by Crippen LogP contribution is 2.20. The summed E-state index contributed by atoms with van der Waals surface area (Å²) in [6.45, 7) is 3.09. The van der Waals surface area contributed by atoms with Crippen molar-refractivity contribution in [3.63, 3.8) is 0 Å². The van der Waals surface area contributed by atoms with E-state index in [0.29, 0.717) is 31.7 Å². The van der Waals surface area contributed by atoms with Crippen LogP contribution in [0, 0.1) is 23.3 Å². The second kappa shape index (κ2) is 8.60. The summed E-state index contributed by atoms with van der Waals surface area (Å²) in [5.74, 6) is -5.68. The molecule has 0 aliphatic carbocycles. The summed E-state index contributed by atoms with van der Waals surface area (Å²) in [6.07, 6.45) is 0. The Kier molecular flexibility index (Phi) is 6.17. The average molecular weight is 409 g/mol. The lowest BCUT2D eigenvalue weighted by molar-refractivity contribution is -0.121. The molecular formula is C20H19F4N3O2. The van der Waals surface area contributed by atoms with Crippen molar-refractivity contribution in [2.24, 2.45) is 0 Å². The molecule has 5 nitrogen and oxygen atoms in total. The molecule has 0 aromatic heterocycles. The van der Waals surface area contributed by atoms with E-state index in [-0.39, 0.29) is 5.91 Å². The van der Waals surface area contributed by atoms with Gasteiger partial charge in [0.25, 0.3) is 5.91 Å². The summed E-state index contributed by atoms with van der Waals surface area (Å²) in [6, 6.07) is 6.27. The lowest BCUT2D eigenvalue weighted by Crippen LogP contribution is -2.54. The molecule has 9 heteroatoms.